The highest BCUT2D eigenvalue weighted by Gasteiger charge is 2.17. The van der Waals surface area contributed by atoms with Gasteiger partial charge in [0.15, 0.2) is 0 Å². The highest BCUT2D eigenvalue weighted by atomic mass is 35.5. The summed E-state index contributed by atoms with van der Waals surface area (Å²) in [4.78, 5) is 8.83. The van der Waals surface area contributed by atoms with Gasteiger partial charge in [0, 0.05) is 6.20 Å². The van der Waals surface area contributed by atoms with Gasteiger partial charge < -0.3 is 8.98 Å². The Hall–Kier alpha value is -2.58. The van der Waals surface area contributed by atoms with Crippen LogP contribution in [0.1, 0.15) is 23.8 Å². The molecule has 0 atom stereocenters. The van der Waals surface area contributed by atoms with Gasteiger partial charge in [-0.2, -0.15) is 8.78 Å². The molecular weight excluding hydrogens is 399 g/mol. The van der Waals surface area contributed by atoms with E-state index in [2.05, 4.69) is 20.2 Å². The second-order valence-corrected chi connectivity index (χ2v) is 6.60. The van der Waals surface area contributed by atoms with Crippen molar-refractivity contribution in [2.45, 2.75) is 19.9 Å². The molecule has 0 spiro atoms. The number of aryl methyl sites for hydroxylation is 1. The quantitative estimate of drug-likeness (QED) is 0.469. The zero-order valence-electron chi connectivity index (χ0n) is 13.8. The minimum absolute atomic E-state index is 0.00460. The molecule has 0 amide bonds. The van der Waals surface area contributed by atoms with Crippen molar-refractivity contribution in [1.82, 2.24) is 24.7 Å². The van der Waals surface area contributed by atoms with E-state index in [4.69, 9.17) is 27.6 Å². The molecule has 138 valence electrons. The monoisotopic (exact) mass is 409 g/mol. The lowest BCUT2D eigenvalue weighted by molar-refractivity contribution is 0.116. The average Bonchev–Trinajstić information content (AvgIpc) is 3.23. The van der Waals surface area contributed by atoms with Crippen molar-refractivity contribution in [3.63, 3.8) is 0 Å². The predicted molar refractivity (Wildman–Crippen MR) is 96.1 cm³/mol. The molecule has 0 fully saturated rings. The number of rotatable bonds is 4. The van der Waals surface area contributed by atoms with Crippen molar-refractivity contribution in [1.29, 1.82) is 0 Å². The van der Waals surface area contributed by atoms with Crippen LogP contribution in [0.3, 0.4) is 0 Å². The van der Waals surface area contributed by atoms with Crippen LogP contribution in [0.2, 0.25) is 10.0 Å². The van der Waals surface area contributed by atoms with Crippen LogP contribution < -0.4 is 0 Å². The standard InChI is InChI=1S/C17H11Cl2F2N5O/c1-8-23-13-4-11(18)12(19)5-14(13)26(8)7-10-3-2-9(6-22-10)16-24-25-17(27-16)15(20)21/h2-6,15H,7H2,1H3. The van der Waals surface area contributed by atoms with E-state index in [0.29, 0.717) is 22.2 Å². The van der Waals surface area contributed by atoms with Gasteiger partial charge >= 0.3 is 6.43 Å². The van der Waals surface area contributed by atoms with Crippen molar-refractivity contribution in [3.8, 4) is 11.5 Å². The Kier molecular flexibility index (Phi) is 4.53. The van der Waals surface area contributed by atoms with Crippen molar-refractivity contribution in [2.24, 2.45) is 0 Å². The zero-order valence-corrected chi connectivity index (χ0v) is 15.3. The molecule has 0 aliphatic carbocycles. The van der Waals surface area contributed by atoms with Gasteiger partial charge in [0.1, 0.15) is 5.82 Å². The Bertz CT molecular complexity index is 1120. The number of halogens is 4. The van der Waals surface area contributed by atoms with Gasteiger partial charge in [0.2, 0.25) is 5.89 Å². The maximum absolute atomic E-state index is 12.6. The lowest BCUT2D eigenvalue weighted by Crippen LogP contribution is -2.03. The van der Waals surface area contributed by atoms with Crippen molar-refractivity contribution >= 4 is 34.2 Å². The van der Waals surface area contributed by atoms with Crippen LogP contribution >= 0.6 is 23.2 Å². The first-order valence-electron chi connectivity index (χ1n) is 7.81. The molecule has 3 heterocycles. The summed E-state index contributed by atoms with van der Waals surface area (Å²) >= 11 is 12.2. The third-order valence-electron chi connectivity index (χ3n) is 4.00. The van der Waals surface area contributed by atoms with Gasteiger partial charge in [0.25, 0.3) is 5.89 Å². The first-order valence-corrected chi connectivity index (χ1v) is 8.56. The summed E-state index contributed by atoms with van der Waals surface area (Å²) in [6.07, 6.45) is -1.31. The minimum Gasteiger partial charge on any atom is -0.415 e. The van der Waals surface area contributed by atoms with Gasteiger partial charge in [-0.25, -0.2) is 4.98 Å². The van der Waals surface area contributed by atoms with E-state index >= 15 is 0 Å². The van der Waals surface area contributed by atoms with Crippen LogP contribution in [0.4, 0.5) is 8.78 Å². The highest BCUT2D eigenvalue weighted by molar-refractivity contribution is 6.42. The average molecular weight is 410 g/mol. The maximum atomic E-state index is 12.6. The molecule has 4 rings (SSSR count). The topological polar surface area (TPSA) is 69.6 Å². The Morgan fingerprint density at radius 2 is 1.93 bits per heavy atom. The molecule has 0 radical (unpaired) electrons. The molecule has 1 aromatic carbocycles. The summed E-state index contributed by atoms with van der Waals surface area (Å²) < 4.78 is 32.0. The Morgan fingerprint density at radius 3 is 2.59 bits per heavy atom. The molecule has 0 bridgehead atoms. The Morgan fingerprint density at radius 1 is 1.15 bits per heavy atom. The highest BCUT2D eigenvalue weighted by Crippen LogP contribution is 2.29. The molecule has 0 saturated carbocycles. The molecule has 0 N–H and O–H groups in total. The number of aromatic nitrogens is 5. The third kappa shape index (κ3) is 3.38. The number of hydrogen-bond acceptors (Lipinski definition) is 5. The summed E-state index contributed by atoms with van der Waals surface area (Å²) in [5.41, 5.74) is 2.77. The van der Waals surface area contributed by atoms with E-state index in [0.717, 1.165) is 22.6 Å². The summed E-state index contributed by atoms with van der Waals surface area (Å²) in [5, 5.41) is 7.80. The van der Waals surface area contributed by atoms with E-state index in [1.54, 1.807) is 24.3 Å². The number of imidazole rings is 1. The van der Waals surface area contributed by atoms with Crippen molar-refractivity contribution in [3.05, 3.63) is 57.9 Å². The number of fused-ring (bicyclic) bond motifs is 1. The van der Waals surface area contributed by atoms with Gasteiger partial charge in [-0.1, -0.05) is 23.2 Å². The van der Waals surface area contributed by atoms with E-state index < -0.39 is 12.3 Å². The Balaban J connectivity index is 1.63. The van der Waals surface area contributed by atoms with E-state index in [9.17, 15) is 8.78 Å². The van der Waals surface area contributed by atoms with Crippen LogP contribution in [0.5, 0.6) is 0 Å². The lowest BCUT2D eigenvalue weighted by Gasteiger charge is -2.07. The number of hydrogen-bond donors (Lipinski definition) is 0. The number of pyridine rings is 1. The molecule has 10 heteroatoms. The fraction of sp³-hybridized carbons (Fsp3) is 0.176. The number of benzene rings is 1. The second-order valence-electron chi connectivity index (χ2n) is 5.78. The molecule has 0 saturated heterocycles. The van der Waals surface area contributed by atoms with Crippen molar-refractivity contribution in [2.75, 3.05) is 0 Å². The summed E-state index contributed by atoms with van der Waals surface area (Å²) in [7, 11) is 0. The van der Waals surface area contributed by atoms with E-state index in [1.807, 2.05) is 11.5 Å². The van der Waals surface area contributed by atoms with Gasteiger partial charge in [-0.05, 0) is 31.2 Å². The van der Waals surface area contributed by atoms with Crippen molar-refractivity contribution < 1.29 is 13.2 Å². The smallest absolute Gasteiger partial charge is 0.314 e. The van der Waals surface area contributed by atoms with Gasteiger partial charge in [-0.3, -0.25) is 4.98 Å². The Labute approximate surface area is 161 Å². The zero-order chi connectivity index (χ0) is 19.1. The predicted octanol–water partition coefficient (Wildman–Crippen LogP) is 5.08. The molecule has 6 nitrogen and oxygen atoms in total. The molecular formula is C17H11Cl2F2N5O. The summed E-state index contributed by atoms with van der Waals surface area (Å²) in [5.74, 6) is 0.0628. The number of alkyl halides is 2. The van der Waals surface area contributed by atoms with Crippen LogP contribution in [0, 0.1) is 6.92 Å². The molecule has 4 aromatic rings. The van der Waals surface area contributed by atoms with Crippen LogP contribution in [0.25, 0.3) is 22.5 Å². The maximum Gasteiger partial charge on any atom is 0.314 e. The molecule has 0 aliphatic heterocycles. The fourth-order valence-corrected chi connectivity index (χ4v) is 3.00. The van der Waals surface area contributed by atoms with Crippen LogP contribution in [-0.2, 0) is 6.54 Å². The van der Waals surface area contributed by atoms with E-state index in [-0.39, 0.29) is 5.89 Å². The molecule has 0 unspecified atom stereocenters. The fourth-order valence-electron chi connectivity index (χ4n) is 2.69. The first-order chi connectivity index (χ1) is 12.9. The van der Waals surface area contributed by atoms with Crippen LogP contribution in [-0.4, -0.2) is 24.7 Å². The third-order valence-corrected chi connectivity index (χ3v) is 4.72. The van der Waals surface area contributed by atoms with Crippen LogP contribution in [0.15, 0.2) is 34.9 Å². The van der Waals surface area contributed by atoms with E-state index in [1.165, 1.54) is 6.20 Å². The molecule has 27 heavy (non-hydrogen) atoms. The normalized spacial score (nSPS) is 11.6. The number of nitrogens with zero attached hydrogens (tertiary/aromatic N) is 5. The van der Waals surface area contributed by atoms with Gasteiger partial charge in [-0.15, -0.1) is 10.2 Å². The minimum atomic E-state index is -2.81. The first kappa shape index (κ1) is 17.8. The summed E-state index contributed by atoms with van der Waals surface area (Å²) in [6.45, 7) is 2.33. The molecule has 0 aliphatic rings. The molecule has 3 aromatic heterocycles. The largest absolute Gasteiger partial charge is 0.415 e. The van der Waals surface area contributed by atoms with Gasteiger partial charge in [0.05, 0.1) is 38.9 Å². The lowest BCUT2D eigenvalue weighted by atomic mass is 10.2. The SMILES string of the molecule is Cc1nc2cc(Cl)c(Cl)cc2n1Cc1ccc(-c2nnc(C(F)F)o2)cn1. The summed E-state index contributed by atoms with van der Waals surface area (Å²) in [6, 6.07) is 6.92. The second kappa shape index (κ2) is 6.86.